The molecule has 1 aliphatic carbocycles. The van der Waals surface area contributed by atoms with Gasteiger partial charge in [0.25, 0.3) is 0 Å². The van der Waals surface area contributed by atoms with Crippen LogP contribution in [0.1, 0.15) is 24.4 Å². The van der Waals surface area contributed by atoms with E-state index in [0.717, 1.165) is 31.1 Å². The number of allylic oxidation sites excluding steroid dienone is 2. The molecule has 1 unspecified atom stereocenters. The van der Waals surface area contributed by atoms with Crippen molar-refractivity contribution >= 4 is 23.6 Å². The molecule has 0 saturated carbocycles. The van der Waals surface area contributed by atoms with Crippen LogP contribution in [0.4, 0.5) is 10.6 Å². The molecule has 2 aromatic rings. The van der Waals surface area contributed by atoms with Crippen molar-refractivity contribution in [2.24, 2.45) is 5.41 Å². The number of nitrogens with zero attached hydrogens (tertiary/aromatic N) is 3. The Balaban J connectivity index is 1.58. The van der Waals surface area contributed by atoms with E-state index in [9.17, 15) is 4.79 Å². The SMILES string of the molecule is O=C(Nc1cnsn1)N1CC2(CC=CC2)C1c1ccccc1. The first-order valence-electron chi connectivity index (χ1n) is 7.34. The van der Waals surface area contributed by atoms with Gasteiger partial charge in [0.05, 0.1) is 24.0 Å². The molecule has 1 aromatic carbocycles. The summed E-state index contributed by atoms with van der Waals surface area (Å²) in [4.78, 5) is 14.5. The number of amides is 2. The monoisotopic (exact) mass is 312 g/mol. The van der Waals surface area contributed by atoms with Crippen molar-refractivity contribution in [2.75, 3.05) is 11.9 Å². The van der Waals surface area contributed by atoms with Crippen molar-refractivity contribution in [3.05, 3.63) is 54.2 Å². The molecule has 1 fully saturated rings. The third-order valence-corrected chi connectivity index (χ3v) is 5.04. The zero-order valence-electron chi connectivity index (χ0n) is 12.0. The average molecular weight is 312 g/mol. The minimum atomic E-state index is -0.0981. The zero-order valence-corrected chi connectivity index (χ0v) is 12.8. The summed E-state index contributed by atoms with van der Waals surface area (Å²) in [5.74, 6) is 0.521. The Morgan fingerprint density at radius 1 is 1.27 bits per heavy atom. The third kappa shape index (κ3) is 2.11. The summed E-state index contributed by atoms with van der Waals surface area (Å²) < 4.78 is 7.96. The van der Waals surface area contributed by atoms with Crippen LogP contribution in [0, 0.1) is 5.41 Å². The summed E-state index contributed by atoms with van der Waals surface area (Å²) >= 11 is 1.09. The summed E-state index contributed by atoms with van der Waals surface area (Å²) in [7, 11) is 0. The molecule has 1 N–H and O–H groups in total. The van der Waals surface area contributed by atoms with Gasteiger partial charge in [0.15, 0.2) is 5.82 Å². The highest BCUT2D eigenvalue weighted by Crippen LogP contribution is 2.56. The van der Waals surface area contributed by atoms with Crippen LogP contribution >= 0.6 is 11.7 Å². The number of nitrogens with one attached hydrogen (secondary N) is 1. The quantitative estimate of drug-likeness (QED) is 0.864. The number of hydrogen-bond acceptors (Lipinski definition) is 4. The normalized spacial score (nSPS) is 21.8. The van der Waals surface area contributed by atoms with Crippen LogP contribution in [-0.2, 0) is 0 Å². The molecular formula is C16H16N4OS. The highest BCUT2D eigenvalue weighted by atomic mass is 32.1. The summed E-state index contributed by atoms with van der Waals surface area (Å²) in [5, 5.41) is 2.83. The third-order valence-electron chi connectivity index (χ3n) is 4.56. The van der Waals surface area contributed by atoms with Gasteiger partial charge in [-0.25, -0.2) is 4.79 Å². The second kappa shape index (κ2) is 5.21. The van der Waals surface area contributed by atoms with E-state index in [2.05, 4.69) is 38.3 Å². The number of benzene rings is 1. The van der Waals surface area contributed by atoms with E-state index in [0.29, 0.717) is 5.82 Å². The largest absolute Gasteiger partial charge is 0.323 e. The standard InChI is InChI=1S/C16H16N4OS/c21-15(18-13-10-17-22-19-13)20-11-16(8-4-5-9-16)14(20)12-6-2-1-3-7-12/h1-7,10,14H,8-9,11H2,(H,18,19,21). The molecule has 0 radical (unpaired) electrons. The fraction of sp³-hybridized carbons (Fsp3) is 0.312. The first kappa shape index (κ1) is 13.5. The average Bonchev–Trinajstić information content (AvgIpc) is 3.18. The van der Waals surface area contributed by atoms with Gasteiger partial charge in [-0.05, 0) is 18.4 Å². The lowest BCUT2D eigenvalue weighted by Gasteiger charge is -2.56. The van der Waals surface area contributed by atoms with E-state index >= 15 is 0 Å². The van der Waals surface area contributed by atoms with Gasteiger partial charge in [-0.15, -0.1) is 0 Å². The highest BCUT2D eigenvalue weighted by Gasteiger charge is 2.54. The van der Waals surface area contributed by atoms with E-state index in [1.165, 1.54) is 5.56 Å². The molecule has 5 nitrogen and oxygen atoms in total. The molecule has 1 atom stereocenters. The van der Waals surface area contributed by atoms with E-state index in [-0.39, 0.29) is 17.5 Å². The van der Waals surface area contributed by atoms with Crippen LogP contribution in [0.2, 0.25) is 0 Å². The molecule has 1 saturated heterocycles. The maximum atomic E-state index is 12.5. The smallest absolute Gasteiger partial charge is 0.316 e. The first-order valence-corrected chi connectivity index (χ1v) is 8.07. The van der Waals surface area contributed by atoms with Gasteiger partial charge >= 0.3 is 6.03 Å². The summed E-state index contributed by atoms with van der Waals surface area (Å²) in [6.07, 6.45) is 8.11. The van der Waals surface area contributed by atoms with Crippen LogP contribution in [-0.4, -0.2) is 26.2 Å². The van der Waals surface area contributed by atoms with Crippen molar-refractivity contribution in [2.45, 2.75) is 18.9 Å². The Labute approximate surface area is 133 Å². The summed E-state index contributed by atoms with van der Waals surface area (Å²) in [6, 6.07) is 10.3. The number of carbonyl (C=O) groups excluding carboxylic acids is 1. The van der Waals surface area contributed by atoms with Crippen LogP contribution in [0.3, 0.4) is 0 Å². The number of aromatic nitrogens is 2. The number of hydrogen-bond donors (Lipinski definition) is 1. The number of rotatable bonds is 2. The Morgan fingerprint density at radius 3 is 2.73 bits per heavy atom. The van der Waals surface area contributed by atoms with Crippen molar-refractivity contribution in [1.29, 1.82) is 0 Å². The maximum absolute atomic E-state index is 12.5. The molecule has 0 bridgehead atoms. The lowest BCUT2D eigenvalue weighted by molar-refractivity contribution is -0.0308. The summed E-state index contributed by atoms with van der Waals surface area (Å²) in [6.45, 7) is 0.781. The highest BCUT2D eigenvalue weighted by molar-refractivity contribution is 6.99. The molecule has 2 heterocycles. The molecule has 2 aliphatic rings. The number of anilines is 1. The molecule has 1 aromatic heterocycles. The van der Waals surface area contributed by atoms with Gasteiger partial charge in [-0.2, -0.15) is 8.75 Å². The topological polar surface area (TPSA) is 58.1 Å². The van der Waals surface area contributed by atoms with Crippen LogP contribution < -0.4 is 5.32 Å². The van der Waals surface area contributed by atoms with Gasteiger partial charge in [0.2, 0.25) is 0 Å². The van der Waals surface area contributed by atoms with E-state index in [1.54, 1.807) is 6.20 Å². The van der Waals surface area contributed by atoms with E-state index < -0.39 is 0 Å². The fourth-order valence-electron chi connectivity index (χ4n) is 3.57. The Morgan fingerprint density at radius 2 is 2.05 bits per heavy atom. The van der Waals surface area contributed by atoms with Gasteiger partial charge in [-0.1, -0.05) is 42.5 Å². The van der Waals surface area contributed by atoms with E-state index in [1.807, 2.05) is 23.1 Å². The van der Waals surface area contributed by atoms with Crippen molar-refractivity contribution in [1.82, 2.24) is 13.6 Å². The van der Waals surface area contributed by atoms with Gasteiger partial charge in [0, 0.05) is 12.0 Å². The molecular weight excluding hydrogens is 296 g/mol. The predicted octanol–water partition coefficient (Wildman–Crippen LogP) is 3.46. The number of carbonyl (C=O) groups is 1. The Hall–Kier alpha value is -2.21. The first-order chi connectivity index (χ1) is 10.8. The molecule has 1 spiro atoms. The van der Waals surface area contributed by atoms with Gasteiger partial charge < -0.3 is 4.90 Å². The lowest BCUT2D eigenvalue weighted by atomic mass is 9.67. The van der Waals surface area contributed by atoms with Crippen LogP contribution in [0.5, 0.6) is 0 Å². The maximum Gasteiger partial charge on any atom is 0.323 e. The lowest BCUT2D eigenvalue weighted by Crippen LogP contribution is -2.60. The number of urea groups is 1. The van der Waals surface area contributed by atoms with Gasteiger partial charge in [0.1, 0.15) is 0 Å². The van der Waals surface area contributed by atoms with Crippen LogP contribution in [0.15, 0.2) is 48.7 Å². The van der Waals surface area contributed by atoms with E-state index in [4.69, 9.17) is 0 Å². The minimum Gasteiger partial charge on any atom is -0.316 e. The zero-order chi connectivity index (χ0) is 15.0. The Bertz CT molecular complexity index is 690. The second-order valence-corrected chi connectivity index (χ2v) is 6.46. The van der Waals surface area contributed by atoms with Crippen molar-refractivity contribution in [3.8, 4) is 0 Å². The molecule has 6 heteroatoms. The molecule has 22 heavy (non-hydrogen) atoms. The predicted molar refractivity (Wildman–Crippen MR) is 85.6 cm³/mol. The summed E-state index contributed by atoms with van der Waals surface area (Å²) in [5.41, 5.74) is 1.36. The molecule has 112 valence electrons. The Kier molecular flexibility index (Phi) is 3.18. The molecule has 2 amide bonds. The van der Waals surface area contributed by atoms with Crippen molar-refractivity contribution < 1.29 is 4.79 Å². The van der Waals surface area contributed by atoms with Crippen molar-refractivity contribution in [3.63, 3.8) is 0 Å². The van der Waals surface area contributed by atoms with Crippen LogP contribution in [0.25, 0.3) is 0 Å². The minimum absolute atomic E-state index is 0.0981. The van der Waals surface area contributed by atoms with Gasteiger partial charge in [-0.3, -0.25) is 5.32 Å². The molecule has 4 rings (SSSR count). The second-order valence-electron chi connectivity index (χ2n) is 5.91. The fourth-order valence-corrected chi connectivity index (χ4v) is 3.94. The number of likely N-dealkylation sites (tertiary alicyclic amines) is 1. The molecule has 1 aliphatic heterocycles.